The third-order valence-corrected chi connectivity index (χ3v) is 5.05. The molecule has 0 aromatic heterocycles. The number of rotatable bonds is 4. The van der Waals surface area contributed by atoms with E-state index >= 15 is 0 Å². The van der Waals surface area contributed by atoms with Crippen molar-refractivity contribution in [2.75, 3.05) is 13.1 Å². The number of nitrogens with zero attached hydrogens (tertiary/aromatic N) is 1. The predicted molar refractivity (Wildman–Crippen MR) is 70.1 cm³/mol. The zero-order valence-corrected chi connectivity index (χ0v) is 12.1. The molecule has 0 aromatic rings. The Morgan fingerprint density at radius 2 is 1.95 bits per heavy atom. The molecule has 0 aromatic carbocycles. The fraction of sp³-hybridized carbons (Fsp3) is 1.00. The van der Waals surface area contributed by atoms with Gasteiger partial charge in [-0.25, -0.2) is 0 Å². The molecule has 1 aliphatic carbocycles. The predicted octanol–water partition coefficient (Wildman–Crippen LogP) is 3.18. The molecule has 112 valence electrons. The van der Waals surface area contributed by atoms with E-state index in [1.54, 1.807) is 4.90 Å². The van der Waals surface area contributed by atoms with Crippen molar-refractivity contribution in [3.8, 4) is 0 Å². The molecule has 3 atom stereocenters. The van der Waals surface area contributed by atoms with Crippen molar-refractivity contribution in [2.45, 2.75) is 70.3 Å². The Morgan fingerprint density at radius 3 is 2.37 bits per heavy atom. The van der Waals surface area contributed by atoms with Crippen molar-refractivity contribution < 1.29 is 13.2 Å². The fourth-order valence-electron chi connectivity index (χ4n) is 3.23. The molecule has 1 saturated heterocycles. The summed E-state index contributed by atoms with van der Waals surface area (Å²) in [7, 11) is 0. The maximum atomic E-state index is 13.3. The molecule has 3 unspecified atom stereocenters. The Labute approximate surface area is 113 Å². The highest BCUT2D eigenvalue weighted by Crippen LogP contribution is 2.55. The monoisotopic (exact) mass is 278 g/mol. The molecule has 2 rings (SSSR count). The SMILES string of the molecule is CCC(C)C1CN(C2(C(F)(F)F)CC2)C(CC)CN1. The first-order valence-corrected chi connectivity index (χ1v) is 7.42. The lowest BCUT2D eigenvalue weighted by Crippen LogP contribution is -2.64. The Morgan fingerprint density at radius 1 is 1.32 bits per heavy atom. The smallest absolute Gasteiger partial charge is 0.311 e. The molecule has 2 aliphatic rings. The molecule has 19 heavy (non-hydrogen) atoms. The average Bonchev–Trinajstić information content (AvgIpc) is 3.17. The normalized spacial score (nSPS) is 33.2. The largest absolute Gasteiger partial charge is 0.406 e. The summed E-state index contributed by atoms with van der Waals surface area (Å²) in [6.45, 7) is 7.42. The van der Waals surface area contributed by atoms with Gasteiger partial charge < -0.3 is 5.32 Å². The van der Waals surface area contributed by atoms with E-state index < -0.39 is 11.7 Å². The number of nitrogens with one attached hydrogen (secondary N) is 1. The quantitative estimate of drug-likeness (QED) is 0.849. The van der Waals surface area contributed by atoms with Crippen molar-refractivity contribution in [1.82, 2.24) is 10.2 Å². The van der Waals surface area contributed by atoms with Gasteiger partial charge in [0, 0.05) is 25.2 Å². The van der Waals surface area contributed by atoms with Gasteiger partial charge in [-0.3, -0.25) is 4.90 Å². The second-order valence-corrected chi connectivity index (χ2v) is 6.14. The van der Waals surface area contributed by atoms with Crippen LogP contribution >= 0.6 is 0 Å². The van der Waals surface area contributed by atoms with E-state index in [2.05, 4.69) is 19.2 Å². The van der Waals surface area contributed by atoms with Crippen LogP contribution in [0.25, 0.3) is 0 Å². The third-order valence-electron chi connectivity index (χ3n) is 5.05. The Kier molecular flexibility index (Phi) is 4.17. The second-order valence-electron chi connectivity index (χ2n) is 6.14. The van der Waals surface area contributed by atoms with Gasteiger partial charge in [0.05, 0.1) is 0 Å². The Hall–Kier alpha value is -0.290. The summed E-state index contributed by atoms with van der Waals surface area (Å²) < 4.78 is 40.0. The van der Waals surface area contributed by atoms with Gasteiger partial charge in [0.1, 0.15) is 5.54 Å². The van der Waals surface area contributed by atoms with E-state index in [4.69, 9.17) is 0 Å². The number of hydrogen-bond donors (Lipinski definition) is 1. The molecule has 1 N–H and O–H groups in total. The highest BCUT2D eigenvalue weighted by molar-refractivity contribution is 5.12. The molecule has 0 radical (unpaired) electrons. The average molecular weight is 278 g/mol. The minimum absolute atomic E-state index is 0.0180. The first kappa shape index (κ1) is 15.1. The van der Waals surface area contributed by atoms with Gasteiger partial charge in [0.15, 0.2) is 0 Å². The number of alkyl halides is 3. The lowest BCUT2D eigenvalue weighted by Gasteiger charge is -2.46. The summed E-state index contributed by atoms with van der Waals surface area (Å²) in [6.07, 6.45) is -1.75. The molecule has 2 nitrogen and oxygen atoms in total. The highest BCUT2D eigenvalue weighted by Gasteiger charge is 2.68. The van der Waals surface area contributed by atoms with Gasteiger partial charge in [0.2, 0.25) is 0 Å². The van der Waals surface area contributed by atoms with E-state index in [0.717, 1.165) is 12.8 Å². The second kappa shape index (κ2) is 5.24. The number of halogens is 3. The molecule has 1 saturated carbocycles. The van der Waals surface area contributed by atoms with Crippen LogP contribution in [0.1, 0.15) is 46.5 Å². The molecule has 0 spiro atoms. The van der Waals surface area contributed by atoms with E-state index in [-0.39, 0.29) is 24.9 Å². The van der Waals surface area contributed by atoms with Crippen LogP contribution in [0.4, 0.5) is 13.2 Å². The maximum absolute atomic E-state index is 13.3. The minimum Gasteiger partial charge on any atom is -0.311 e. The van der Waals surface area contributed by atoms with Gasteiger partial charge in [-0.05, 0) is 25.2 Å². The molecule has 1 aliphatic heterocycles. The van der Waals surface area contributed by atoms with Crippen molar-refractivity contribution in [2.24, 2.45) is 5.92 Å². The zero-order valence-electron chi connectivity index (χ0n) is 12.1. The van der Waals surface area contributed by atoms with Crippen molar-refractivity contribution >= 4 is 0 Å². The van der Waals surface area contributed by atoms with Crippen LogP contribution in [0.5, 0.6) is 0 Å². The van der Waals surface area contributed by atoms with Crippen LogP contribution in [0.3, 0.4) is 0 Å². The van der Waals surface area contributed by atoms with Crippen LogP contribution < -0.4 is 5.32 Å². The highest BCUT2D eigenvalue weighted by atomic mass is 19.4. The fourth-order valence-corrected chi connectivity index (χ4v) is 3.23. The molecule has 0 bridgehead atoms. The van der Waals surface area contributed by atoms with Crippen LogP contribution in [0.15, 0.2) is 0 Å². The van der Waals surface area contributed by atoms with Gasteiger partial charge in [-0.2, -0.15) is 13.2 Å². The summed E-state index contributed by atoms with van der Waals surface area (Å²) in [5, 5.41) is 3.44. The zero-order chi connectivity index (χ0) is 14.3. The molecular formula is C14H25F3N2. The standard InChI is InChI=1S/C14H25F3N2/c1-4-10(3)12-9-19(11(5-2)8-18-12)13(6-7-13)14(15,16)17/h10-12,18H,4-9H2,1-3H3. The van der Waals surface area contributed by atoms with Crippen LogP contribution in [-0.4, -0.2) is 41.8 Å². The lowest BCUT2D eigenvalue weighted by atomic mass is 9.93. The molecule has 5 heteroatoms. The molecule has 1 heterocycles. The van der Waals surface area contributed by atoms with E-state index in [0.29, 0.717) is 19.0 Å². The van der Waals surface area contributed by atoms with Crippen LogP contribution in [0.2, 0.25) is 0 Å². The lowest BCUT2D eigenvalue weighted by molar-refractivity contribution is -0.207. The first-order chi connectivity index (χ1) is 8.85. The van der Waals surface area contributed by atoms with Crippen molar-refractivity contribution in [1.29, 1.82) is 0 Å². The summed E-state index contributed by atoms with van der Waals surface area (Å²) in [4.78, 5) is 1.76. The van der Waals surface area contributed by atoms with Crippen LogP contribution in [-0.2, 0) is 0 Å². The Balaban J connectivity index is 2.15. The van der Waals surface area contributed by atoms with Gasteiger partial charge in [-0.15, -0.1) is 0 Å². The summed E-state index contributed by atoms with van der Waals surface area (Å²) in [5.41, 5.74) is -1.51. The minimum atomic E-state index is -4.09. The molecular weight excluding hydrogens is 253 g/mol. The number of piperazine rings is 1. The van der Waals surface area contributed by atoms with E-state index in [1.807, 2.05) is 6.92 Å². The maximum Gasteiger partial charge on any atom is 0.406 e. The third kappa shape index (κ3) is 2.64. The van der Waals surface area contributed by atoms with E-state index in [9.17, 15) is 13.2 Å². The van der Waals surface area contributed by atoms with Crippen molar-refractivity contribution in [3.05, 3.63) is 0 Å². The van der Waals surface area contributed by atoms with Crippen molar-refractivity contribution in [3.63, 3.8) is 0 Å². The van der Waals surface area contributed by atoms with Crippen LogP contribution in [0, 0.1) is 5.92 Å². The first-order valence-electron chi connectivity index (χ1n) is 7.42. The van der Waals surface area contributed by atoms with Gasteiger partial charge >= 0.3 is 6.18 Å². The van der Waals surface area contributed by atoms with Gasteiger partial charge in [0.25, 0.3) is 0 Å². The summed E-state index contributed by atoms with van der Waals surface area (Å²) >= 11 is 0. The molecule has 2 fully saturated rings. The van der Waals surface area contributed by atoms with E-state index in [1.165, 1.54) is 0 Å². The summed E-state index contributed by atoms with van der Waals surface area (Å²) in [6, 6.07) is 0.206. The van der Waals surface area contributed by atoms with Gasteiger partial charge in [-0.1, -0.05) is 27.2 Å². The number of hydrogen-bond acceptors (Lipinski definition) is 2. The summed E-state index contributed by atoms with van der Waals surface area (Å²) in [5.74, 6) is 0.421. The topological polar surface area (TPSA) is 15.3 Å². The Bertz CT molecular complexity index is 312. The molecule has 0 amide bonds.